The molecule has 5 aliphatic carbocycles. The predicted molar refractivity (Wildman–Crippen MR) is 140 cm³/mol. The maximum Gasteiger partial charge on any atom is 0.245 e. The van der Waals surface area contributed by atoms with Crippen molar-refractivity contribution in [1.82, 2.24) is 20.2 Å². The SMILES string of the molecule is C[C@H](NC(=O)CC1CCCC1)C(=O)N1CCc2c(ncnc2NCC(O)C23CC4CC(CC(C4)C2)C3)C1. The molecule has 1 aliphatic heterocycles. The normalized spacial score (nSPS) is 32.2. The lowest BCUT2D eigenvalue weighted by Gasteiger charge is -2.58. The molecule has 37 heavy (non-hydrogen) atoms. The van der Waals surface area contributed by atoms with Crippen LogP contribution in [-0.2, 0) is 22.6 Å². The van der Waals surface area contributed by atoms with E-state index in [1.165, 1.54) is 51.4 Å². The fourth-order valence-corrected chi connectivity index (χ4v) is 8.80. The highest BCUT2D eigenvalue weighted by atomic mass is 16.3. The fourth-order valence-electron chi connectivity index (χ4n) is 8.80. The van der Waals surface area contributed by atoms with Crippen molar-refractivity contribution in [3.05, 3.63) is 17.6 Å². The number of rotatable bonds is 8. The highest BCUT2D eigenvalue weighted by Crippen LogP contribution is 2.61. The minimum Gasteiger partial charge on any atom is -0.391 e. The molecule has 0 aromatic carbocycles. The Kier molecular flexibility index (Phi) is 6.88. The second kappa shape index (κ2) is 10.2. The third-order valence-electron chi connectivity index (χ3n) is 10.3. The second-order valence-corrected chi connectivity index (χ2v) is 13.0. The van der Waals surface area contributed by atoms with E-state index in [2.05, 4.69) is 20.6 Å². The molecule has 1 aromatic rings. The number of carbonyl (C=O) groups excluding carboxylic acids is 2. The van der Waals surface area contributed by atoms with Gasteiger partial charge in [0, 0.05) is 25.1 Å². The number of aliphatic hydroxyl groups is 1. The summed E-state index contributed by atoms with van der Waals surface area (Å²) in [4.78, 5) is 36.3. The van der Waals surface area contributed by atoms with Crippen LogP contribution in [-0.4, -0.2) is 57.0 Å². The molecule has 6 aliphatic rings. The summed E-state index contributed by atoms with van der Waals surface area (Å²) in [6, 6.07) is -0.537. The average Bonchev–Trinajstić information content (AvgIpc) is 3.38. The summed E-state index contributed by atoms with van der Waals surface area (Å²) in [7, 11) is 0. The zero-order valence-corrected chi connectivity index (χ0v) is 22.3. The number of hydrogen-bond donors (Lipinski definition) is 3. The zero-order valence-electron chi connectivity index (χ0n) is 22.3. The van der Waals surface area contributed by atoms with E-state index in [1.807, 2.05) is 0 Å². The zero-order chi connectivity index (χ0) is 25.6. The molecule has 0 saturated heterocycles. The van der Waals surface area contributed by atoms with Crippen molar-refractivity contribution in [2.75, 3.05) is 18.4 Å². The van der Waals surface area contributed by atoms with Crippen LogP contribution in [0.15, 0.2) is 6.33 Å². The van der Waals surface area contributed by atoms with Crippen molar-refractivity contribution in [1.29, 1.82) is 0 Å². The van der Waals surface area contributed by atoms with Gasteiger partial charge in [-0.25, -0.2) is 9.97 Å². The van der Waals surface area contributed by atoms with Crippen molar-refractivity contribution < 1.29 is 14.7 Å². The number of hydrogen-bond acceptors (Lipinski definition) is 6. The molecule has 2 atom stereocenters. The van der Waals surface area contributed by atoms with Gasteiger partial charge in [0.15, 0.2) is 0 Å². The van der Waals surface area contributed by atoms with Crippen LogP contribution in [0.1, 0.15) is 88.8 Å². The van der Waals surface area contributed by atoms with Gasteiger partial charge in [-0.1, -0.05) is 12.8 Å². The number of aromatic nitrogens is 2. The summed E-state index contributed by atoms with van der Waals surface area (Å²) in [6.07, 6.45) is 14.7. The molecule has 5 saturated carbocycles. The lowest BCUT2D eigenvalue weighted by Crippen LogP contribution is -2.53. The van der Waals surface area contributed by atoms with Gasteiger partial charge in [-0.2, -0.15) is 0 Å². The van der Waals surface area contributed by atoms with E-state index in [9.17, 15) is 14.7 Å². The third kappa shape index (κ3) is 5.10. The summed E-state index contributed by atoms with van der Waals surface area (Å²) >= 11 is 0. The largest absolute Gasteiger partial charge is 0.391 e. The van der Waals surface area contributed by atoms with Crippen LogP contribution in [0.5, 0.6) is 0 Å². The van der Waals surface area contributed by atoms with Gasteiger partial charge < -0.3 is 20.6 Å². The van der Waals surface area contributed by atoms with Gasteiger partial charge in [-0.15, -0.1) is 0 Å². The van der Waals surface area contributed by atoms with Gasteiger partial charge in [0.1, 0.15) is 18.2 Å². The second-order valence-electron chi connectivity index (χ2n) is 13.0. The molecule has 8 nitrogen and oxygen atoms in total. The summed E-state index contributed by atoms with van der Waals surface area (Å²) in [6.45, 7) is 3.30. The van der Waals surface area contributed by atoms with Gasteiger partial charge in [0.25, 0.3) is 0 Å². The molecule has 0 spiro atoms. The van der Waals surface area contributed by atoms with Gasteiger partial charge in [0.2, 0.25) is 11.8 Å². The predicted octanol–water partition coefficient (Wildman–Crippen LogP) is 3.44. The Labute approximate surface area is 220 Å². The molecular formula is C29H43N5O3. The Balaban J connectivity index is 1.04. The molecule has 2 heterocycles. The smallest absolute Gasteiger partial charge is 0.245 e. The van der Waals surface area contributed by atoms with E-state index in [4.69, 9.17) is 0 Å². The third-order valence-corrected chi connectivity index (χ3v) is 10.3. The Bertz CT molecular complexity index is 988. The molecule has 2 amide bonds. The maximum atomic E-state index is 13.1. The lowest BCUT2D eigenvalue weighted by atomic mass is 9.48. The molecule has 8 heteroatoms. The van der Waals surface area contributed by atoms with Crippen LogP contribution in [0.4, 0.5) is 5.82 Å². The number of nitrogens with one attached hydrogen (secondary N) is 2. The average molecular weight is 510 g/mol. The number of fused-ring (bicyclic) bond motifs is 1. The van der Waals surface area contributed by atoms with Crippen LogP contribution >= 0.6 is 0 Å². The quantitative estimate of drug-likeness (QED) is 0.496. The van der Waals surface area contributed by atoms with E-state index in [-0.39, 0.29) is 23.3 Å². The molecule has 5 fully saturated rings. The van der Waals surface area contributed by atoms with Crippen molar-refractivity contribution >= 4 is 17.6 Å². The standard InChI is InChI=1S/C29H43N5O3/c1-18(33-26(36)11-19-4-2-3-5-19)28(37)34-7-6-23-24(16-34)31-17-32-27(23)30-15-25(35)29-12-20-8-21(13-29)10-22(9-20)14-29/h17-22,25,35H,2-16H2,1H3,(H,33,36)(H,30,31,32)/t18-,20?,21?,22?,25?,29?/m0/s1. The topological polar surface area (TPSA) is 107 Å². The molecule has 3 N–H and O–H groups in total. The Hall–Kier alpha value is -2.22. The van der Waals surface area contributed by atoms with Crippen LogP contribution < -0.4 is 10.6 Å². The number of carbonyl (C=O) groups is 2. The number of aliphatic hydroxyl groups excluding tert-OH is 1. The molecule has 4 bridgehead atoms. The van der Waals surface area contributed by atoms with Crippen LogP contribution in [0.25, 0.3) is 0 Å². The molecule has 1 unspecified atom stereocenters. The summed E-state index contributed by atoms with van der Waals surface area (Å²) in [5, 5.41) is 17.7. The Morgan fingerprint density at radius 3 is 2.46 bits per heavy atom. The number of amides is 2. The lowest BCUT2D eigenvalue weighted by molar-refractivity contribution is -0.137. The van der Waals surface area contributed by atoms with Crippen LogP contribution in [0.2, 0.25) is 0 Å². The van der Waals surface area contributed by atoms with E-state index in [0.29, 0.717) is 38.4 Å². The van der Waals surface area contributed by atoms with Crippen LogP contribution in [0.3, 0.4) is 0 Å². The summed E-state index contributed by atoms with van der Waals surface area (Å²) < 4.78 is 0. The summed E-state index contributed by atoms with van der Waals surface area (Å²) in [5.41, 5.74) is 1.98. The van der Waals surface area contributed by atoms with Crippen molar-refractivity contribution in [3.8, 4) is 0 Å². The minimum absolute atomic E-state index is 0.0171. The maximum absolute atomic E-state index is 13.1. The van der Waals surface area contributed by atoms with E-state index in [1.54, 1.807) is 18.2 Å². The minimum atomic E-state index is -0.537. The highest BCUT2D eigenvalue weighted by molar-refractivity contribution is 5.87. The Morgan fingerprint density at radius 2 is 1.78 bits per heavy atom. The first-order chi connectivity index (χ1) is 17.9. The Morgan fingerprint density at radius 1 is 1.11 bits per heavy atom. The molecule has 7 rings (SSSR count). The number of anilines is 1. The molecule has 0 radical (unpaired) electrons. The van der Waals surface area contributed by atoms with E-state index < -0.39 is 6.04 Å². The highest BCUT2D eigenvalue weighted by Gasteiger charge is 2.53. The van der Waals surface area contributed by atoms with Gasteiger partial charge >= 0.3 is 0 Å². The van der Waals surface area contributed by atoms with Crippen molar-refractivity contribution in [3.63, 3.8) is 0 Å². The van der Waals surface area contributed by atoms with Crippen molar-refractivity contribution in [2.45, 2.75) is 103 Å². The van der Waals surface area contributed by atoms with Gasteiger partial charge in [0.05, 0.1) is 18.3 Å². The first-order valence-corrected chi connectivity index (χ1v) is 14.7. The summed E-state index contributed by atoms with van der Waals surface area (Å²) in [5.74, 6) is 3.61. The van der Waals surface area contributed by atoms with Gasteiger partial charge in [-0.3, -0.25) is 9.59 Å². The van der Waals surface area contributed by atoms with E-state index in [0.717, 1.165) is 47.7 Å². The fraction of sp³-hybridized carbons (Fsp3) is 0.793. The molecule has 1 aromatic heterocycles. The molecule has 202 valence electrons. The first-order valence-electron chi connectivity index (χ1n) is 14.7. The van der Waals surface area contributed by atoms with E-state index >= 15 is 0 Å². The monoisotopic (exact) mass is 509 g/mol. The van der Waals surface area contributed by atoms with Crippen molar-refractivity contribution in [2.24, 2.45) is 29.1 Å². The first kappa shape index (κ1) is 25.1. The molecular weight excluding hydrogens is 466 g/mol. The van der Waals surface area contributed by atoms with Gasteiger partial charge in [-0.05, 0) is 93.8 Å². The van der Waals surface area contributed by atoms with Crippen LogP contribution in [0, 0.1) is 29.1 Å². The number of nitrogens with zero attached hydrogens (tertiary/aromatic N) is 3.